The molecule has 0 aliphatic heterocycles. The second kappa shape index (κ2) is 4.99. The Bertz CT molecular complexity index is 792. The van der Waals surface area contributed by atoms with Crippen LogP contribution in [0.25, 0.3) is 11.2 Å². The molecule has 0 spiro atoms. The van der Waals surface area contributed by atoms with Crippen LogP contribution in [0.2, 0.25) is 0 Å². The van der Waals surface area contributed by atoms with E-state index in [1.807, 2.05) is 18.2 Å². The highest BCUT2D eigenvalue weighted by atomic mass is 79.9. The van der Waals surface area contributed by atoms with Crippen LogP contribution < -0.4 is 0 Å². The number of nitriles is 1. The first kappa shape index (κ1) is 12.1. The van der Waals surface area contributed by atoms with Crippen LogP contribution in [0.3, 0.4) is 0 Å². The molecule has 0 radical (unpaired) electrons. The lowest BCUT2D eigenvalue weighted by Gasteiger charge is -2.04. The van der Waals surface area contributed by atoms with Gasteiger partial charge in [0.1, 0.15) is 22.9 Å². The maximum absolute atomic E-state index is 9.20. The van der Waals surface area contributed by atoms with E-state index in [-0.39, 0.29) is 0 Å². The van der Waals surface area contributed by atoms with Gasteiger partial charge in [-0.05, 0) is 28.1 Å². The topological polar surface area (TPSA) is 78.2 Å². The van der Waals surface area contributed by atoms with Crippen LogP contribution >= 0.6 is 27.7 Å². The number of aromatic amines is 1. The molecule has 0 saturated heterocycles. The zero-order valence-electron chi connectivity index (χ0n) is 9.46. The monoisotopic (exact) mass is 331 g/mol. The van der Waals surface area contributed by atoms with Gasteiger partial charge < -0.3 is 4.98 Å². The van der Waals surface area contributed by atoms with Crippen molar-refractivity contribution in [1.82, 2.24) is 19.9 Å². The van der Waals surface area contributed by atoms with Gasteiger partial charge in [0.2, 0.25) is 0 Å². The average Bonchev–Trinajstić information content (AvgIpc) is 2.88. The van der Waals surface area contributed by atoms with Crippen molar-refractivity contribution in [3.63, 3.8) is 0 Å². The van der Waals surface area contributed by atoms with Gasteiger partial charge in [0.15, 0.2) is 5.65 Å². The molecule has 0 bridgehead atoms. The molecule has 1 N–H and O–H groups in total. The van der Waals surface area contributed by atoms with E-state index < -0.39 is 0 Å². The van der Waals surface area contributed by atoms with Gasteiger partial charge in [-0.3, -0.25) is 0 Å². The van der Waals surface area contributed by atoms with E-state index >= 15 is 0 Å². The van der Waals surface area contributed by atoms with Crippen molar-refractivity contribution in [1.29, 1.82) is 5.26 Å². The zero-order valence-corrected chi connectivity index (χ0v) is 11.9. The number of hydrogen-bond donors (Lipinski definition) is 1. The molecular formula is C12H6BrN5S. The van der Waals surface area contributed by atoms with Crippen LogP contribution in [0.1, 0.15) is 5.56 Å². The fraction of sp³-hybridized carbons (Fsp3) is 0. The summed E-state index contributed by atoms with van der Waals surface area (Å²) in [6.07, 6.45) is 3.05. The van der Waals surface area contributed by atoms with Gasteiger partial charge in [0, 0.05) is 9.37 Å². The van der Waals surface area contributed by atoms with Crippen LogP contribution in [0.4, 0.5) is 0 Å². The van der Waals surface area contributed by atoms with E-state index in [0.717, 1.165) is 19.9 Å². The number of imidazole rings is 1. The van der Waals surface area contributed by atoms with Crippen molar-refractivity contribution in [3.05, 3.63) is 40.9 Å². The van der Waals surface area contributed by atoms with Crippen molar-refractivity contribution in [2.75, 3.05) is 0 Å². The molecule has 0 saturated carbocycles. The number of benzene rings is 1. The highest BCUT2D eigenvalue weighted by molar-refractivity contribution is 9.10. The Morgan fingerprint density at radius 2 is 2.16 bits per heavy atom. The molecule has 0 aliphatic rings. The third kappa shape index (κ3) is 2.20. The van der Waals surface area contributed by atoms with Crippen molar-refractivity contribution >= 4 is 38.9 Å². The average molecular weight is 332 g/mol. The molecule has 2 heterocycles. The normalized spacial score (nSPS) is 10.5. The molecule has 19 heavy (non-hydrogen) atoms. The molecule has 0 fully saturated rings. The smallest absolute Gasteiger partial charge is 0.181 e. The number of H-pyrrole nitrogens is 1. The van der Waals surface area contributed by atoms with Gasteiger partial charge in [-0.1, -0.05) is 17.8 Å². The van der Waals surface area contributed by atoms with Crippen molar-refractivity contribution < 1.29 is 0 Å². The van der Waals surface area contributed by atoms with Crippen LogP contribution in [0.15, 0.2) is 45.2 Å². The zero-order chi connectivity index (χ0) is 13.2. The highest BCUT2D eigenvalue weighted by Crippen LogP contribution is 2.34. The van der Waals surface area contributed by atoms with E-state index in [9.17, 15) is 5.26 Å². The quantitative estimate of drug-likeness (QED) is 0.730. The summed E-state index contributed by atoms with van der Waals surface area (Å²) in [5, 5.41) is 9.95. The predicted octanol–water partition coefficient (Wildman–Crippen LogP) is 3.14. The minimum atomic E-state index is 0.596. The van der Waals surface area contributed by atoms with E-state index in [4.69, 9.17) is 0 Å². The van der Waals surface area contributed by atoms with Crippen LogP contribution in [0.5, 0.6) is 0 Å². The molecular weight excluding hydrogens is 326 g/mol. The molecule has 92 valence electrons. The molecule has 5 nitrogen and oxygen atoms in total. The first-order valence-corrected chi connectivity index (χ1v) is 6.91. The van der Waals surface area contributed by atoms with E-state index in [2.05, 4.69) is 41.9 Å². The standard InChI is InChI=1S/C12H6BrN5S/c13-8-2-1-3-9(7(8)4-14)19-12-10-11(16-5-15-10)17-6-18-12/h1-3,5-6H,(H,15,16,17,18). The summed E-state index contributed by atoms with van der Waals surface area (Å²) in [6, 6.07) is 7.81. The molecule has 1 aromatic carbocycles. The van der Waals surface area contributed by atoms with Crippen molar-refractivity contribution in [2.24, 2.45) is 0 Å². The summed E-state index contributed by atoms with van der Waals surface area (Å²) in [6.45, 7) is 0. The lowest BCUT2D eigenvalue weighted by molar-refractivity contribution is 1.08. The molecule has 3 rings (SSSR count). The van der Waals surface area contributed by atoms with Crippen molar-refractivity contribution in [3.8, 4) is 6.07 Å². The summed E-state index contributed by atoms with van der Waals surface area (Å²) in [7, 11) is 0. The summed E-state index contributed by atoms with van der Waals surface area (Å²) >= 11 is 4.79. The Kier molecular flexibility index (Phi) is 3.19. The second-order valence-electron chi connectivity index (χ2n) is 3.61. The Morgan fingerprint density at radius 3 is 3.00 bits per heavy atom. The lowest BCUT2D eigenvalue weighted by atomic mass is 10.2. The molecule has 0 aliphatic carbocycles. The van der Waals surface area contributed by atoms with Crippen molar-refractivity contribution in [2.45, 2.75) is 9.92 Å². The third-order valence-electron chi connectivity index (χ3n) is 2.48. The Balaban J connectivity index is 2.09. The number of halogens is 1. The van der Waals surface area contributed by atoms with Crippen LogP contribution in [0, 0.1) is 11.3 Å². The lowest BCUT2D eigenvalue weighted by Crippen LogP contribution is -1.88. The molecule has 3 aromatic rings. The van der Waals surface area contributed by atoms with E-state index in [0.29, 0.717) is 11.2 Å². The summed E-state index contributed by atoms with van der Waals surface area (Å²) in [5.74, 6) is 0. The fourth-order valence-electron chi connectivity index (χ4n) is 1.62. The predicted molar refractivity (Wildman–Crippen MR) is 74.7 cm³/mol. The fourth-order valence-corrected chi connectivity index (χ4v) is 3.17. The first-order chi connectivity index (χ1) is 9.29. The summed E-state index contributed by atoms with van der Waals surface area (Å²) < 4.78 is 0.773. The maximum Gasteiger partial charge on any atom is 0.181 e. The number of nitrogens with one attached hydrogen (secondary N) is 1. The minimum Gasteiger partial charge on any atom is -0.341 e. The Hall–Kier alpha value is -1.91. The third-order valence-corrected chi connectivity index (χ3v) is 4.21. The second-order valence-corrected chi connectivity index (χ2v) is 5.49. The summed E-state index contributed by atoms with van der Waals surface area (Å²) in [4.78, 5) is 16.2. The first-order valence-electron chi connectivity index (χ1n) is 5.30. The molecule has 2 aromatic heterocycles. The number of nitrogens with zero attached hydrogens (tertiary/aromatic N) is 4. The Morgan fingerprint density at radius 1 is 1.26 bits per heavy atom. The van der Waals surface area contributed by atoms with Gasteiger partial charge in [0.05, 0.1) is 11.9 Å². The molecule has 0 atom stereocenters. The molecule has 0 unspecified atom stereocenters. The number of rotatable bonds is 2. The van der Waals surface area contributed by atoms with Gasteiger partial charge in [-0.15, -0.1) is 0 Å². The summed E-state index contributed by atoms with van der Waals surface area (Å²) in [5.41, 5.74) is 1.99. The van der Waals surface area contributed by atoms with Gasteiger partial charge in [-0.2, -0.15) is 5.26 Å². The highest BCUT2D eigenvalue weighted by Gasteiger charge is 2.12. The van der Waals surface area contributed by atoms with Gasteiger partial charge >= 0.3 is 0 Å². The SMILES string of the molecule is N#Cc1c(Br)cccc1Sc1ncnc2nc[nH]c12. The molecule has 0 amide bonds. The largest absolute Gasteiger partial charge is 0.341 e. The maximum atomic E-state index is 9.20. The van der Waals surface area contributed by atoms with Crippen LogP contribution in [-0.2, 0) is 0 Å². The van der Waals surface area contributed by atoms with Crippen LogP contribution in [-0.4, -0.2) is 19.9 Å². The Labute approximate surface area is 121 Å². The minimum absolute atomic E-state index is 0.596. The van der Waals surface area contributed by atoms with E-state index in [1.165, 1.54) is 18.1 Å². The van der Waals surface area contributed by atoms with Gasteiger partial charge in [0.25, 0.3) is 0 Å². The number of hydrogen-bond acceptors (Lipinski definition) is 5. The van der Waals surface area contributed by atoms with E-state index in [1.54, 1.807) is 6.33 Å². The molecule has 7 heteroatoms. The number of aromatic nitrogens is 4. The number of fused-ring (bicyclic) bond motifs is 1. The van der Waals surface area contributed by atoms with Gasteiger partial charge in [-0.25, -0.2) is 15.0 Å².